The molecule has 2 aromatic heterocycles. The average Bonchev–Trinajstić information content (AvgIpc) is 3.28. The molecular weight excluding hydrogens is 336 g/mol. The van der Waals surface area contributed by atoms with E-state index in [2.05, 4.69) is 66.6 Å². The van der Waals surface area contributed by atoms with Crippen LogP contribution >= 0.6 is 0 Å². The van der Waals surface area contributed by atoms with Crippen molar-refractivity contribution in [3.63, 3.8) is 0 Å². The highest BCUT2D eigenvalue weighted by atomic mass is 15.3. The zero-order valence-electron chi connectivity index (χ0n) is 16.3. The smallest absolute Gasteiger partial charge is 0.152 e. The van der Waals surface area contributed by atoms with Crippen molar-refractivity contribution < 1.29 is 0 Å². The van der Waals surface area contributed by atoms with Gasteiger partial charge in [-0.1, -0.05) is 30.3 Å². The largest absolute Gasteiger partial charge is 0.328 e. The van der Waals surface area contributed by atoms with Gasteiger partial charge in [-0.15, -0.1) is 10.2 Å². The summed E-state index contributed by atoms with van der Waals surface area (Å²) in [4.78, 5) is 6.87. The third-order valence-electron chi connectivity index (χ3n) is 5.75. The van der Waals surface area contributed by atoms with E-state index < -0.39 is 0 Å². The number of nitrogens with zero attached hydrogens (tertiary/aromatic N) is 6. The van der Waals surface area contributed by atoms with Gasteiger partial charge in [-0.3, -0.25) is 0 Å². The summed E-state index contributed by atoms with van der Waals surface area (Å²) in [7, 11) is 2.10. The average molecular weight is 364 g/mol. The van der Waals surface area contributed by atoms with Gasteiger partial charge in [-0.25, -0.2) is 4.98 Å². The summed E-state index contributed by atoms with van der Waals surface area (Å²) in [6.45, 7) is 6.16. The summed E-state index contributed by atoms with van der Waals surface area (Å²) in [6.07, 6.45) is 7.27. The van der Waals surface area contributed by atoms with E-state index in [9.17, 15) is 0 Å². The van der Waals surface area contributed by atoms with Crippen molar-refractivity contribution in [3.8, 4) is 0 Å². The Labute approximate surface area is 160 Å². The predicted molar refractivity (Wildman–Crippen MR) is 106 cm³/mol. The highest BCUT2D eigenvalue weighted by Gasteiger charge is 2.25. The molecule has 0 saturated carbocycles. The fourth-order valence-corrected chi connectivity index (χ4v) is 3.94. The van der Waals surface area contributed by atoms with Gasteiger partial charge in [0.2, 0.25) is 0 Å². The molecule has 0 unspecified atom stereocenters. The second-order valence-electron chi connectivity index (χ2n) is 7.49. The van der Waals surface area contributed by atoms with Crippen LogP contribution in [0.3, 0.4) is 0 Å². The Balaban J connectivity index is 1.32. The van der Waals surface area contributed by atoms with E-state index in [0.29, 0.717) is 5.92 Å². The fraction of sp³-hybridized carbons (Fsp3) is 0.476. The van der Waals surface area contributed by atoms with E-state index >= 15 is 0 Å². The Morgan fingerprint density at radius 1 is 1.07 bits per heavy atom. The maximum atomic E-state index is 4.53. The van der Waals surface area contributed by atoms with Crippen LogP contribution < -0.4 is 0 Å². The molecule has 1 fully saturated rings. The summed E-state index contributed by atoms with van der Waals surface area (Å²) in [5, 5.41) is 8.98. The molecule has 142 valence electrons. The van der Waals surface area contributed by atoms with Gasteiger partial charge in [0.15, 0.2) is 5.82 Å². The molecule has 3 aromatic rings. The predicted octanol–water partition coefficient (Wildman–Crippen LogP) is 2.79. The standard InChI is InChI=1S/C21H28N6/c1-17-22-11-15-27(17)16-20-23-24-21(25(20)2)19-9-13-26(14-10-19)12-8-18-6-4-3-5-7-18/h3-7,11,15,19H,8-10,12-14,16H2,1-2H3. The van der Waals surface area contributed by atoms with E-state index in [-0.39, 0.29) is 0 Å². The minimum atomic E-state index is 0.508. The van der Waals surface area contributed by atoms with Gasteiger partial charge in [-0.05, 0) is 44.8 Å². The molecule has 6 heteroatoms. The van der Waals surface area contributed by atoms with Crippen LogP contribution in [0.25, 0.3) is 0 Å². The molecule has 0 amide bonds. The molecule has 6 nitrogen and oxygen atoms in total. The lowest BCUT2D eigenvalue weighted by molar-refractivity contribution is 0.210. The summed E-state index contributed by atoms with van der Waals surface area (Å²) in [5.74, 6) is 3.64. The van der Waals surface area contributed by atoms with Gasteiger partial charge in [0.1, 0.15) is 11.6 Å². The van der Waals surface area contributed by atoms with Crippen molar-refractivity contribution in [2.45, 2.75) is 38.6 Å². The van der Waals surface area contributed by atoms with Crippen molar-refractivity contribution in [2.75, 3.05) is 19.6 Å². The molecule has 0 radical (unpaired) electrons. The van der Waals surface area contributed by atoms with Crippen LogP contribution in [0, 0.1) is 6.92 Å². The topological polar surface area (TPSA) is 51.8 Å². The minimum Gasteiger partial charge on any atom is -0.328 e. The van der Waals surface area contributed by atoms with Crippen molar-refractivity contribution in [1.82, 2.24) is 29.2 Å². The SMILES string of the molecule is Cc1nccn1Cc1nnc(C2CCN(CCc3ccccc3)CC2)n1C. The zero-order chi connectivity index (χ0) is 18.6. The summed E-state index contributed by atoms with van der Waals surface area (Å²) >= 11 is 0. The van der Waals surface area contributed by atoms with E-state index in [4.69, 9.17) is 0 Å². The second kappa shape index (κ2) is 8.05. The lowest BCUT2D eigenvalue weighted by Crippen LogP contribution is -2.35. The molecule has 1 aliphatic heterocycles. The minimum absolute atomic E-state index is 0.508. The van der Waals surface area contributed by atoms with Crippen LogP contribution in [0.5, 0.6) is 0 Å². The number of imidazole rings is 1. The van der Waals surface area contributed by atoms with Crippen LogP contribution in [-0.2, 0) is 20.0 Å². The Kier molecular flexibility index (Phi) is 5.34. The quantitative estimate of drug-likeness (QED) is 0.675. The first kappa shape index (κ1) is 17.9. The van der Waals surface area contributed by atoms with Crippen molar-refractivity contribution >= 4 is 0 Å². The van der Waals surface area contributed by atoms with Crippen molar-refractivity contribution in [3.05, 3.63) is 65.8 Å². The lowest BCUT2D eigenvalue weighted by atomic mass is 9.95. The van der Waals surface area contributed by atoms with Crippen LogP contribution in [0.1, 0.15) is 41.8 Å². The van der Waals surface area contributed by atoms with E-state index in [1.54, 1.807) is 0 Å². The second-order valence-corrected chi connectivity index (χ2v) is 7.49. The zero-order valence-corrected chi connectivity index (χ0v) is 16.3. The molecule has 1 aliphatic rings. The van der Waals surface area contributed by atoms with E-state index in [1.165, 1.54) is 5.56 Å². The van der Waals surface area contributed by atoms with Gasteiger partial charge < -0.3 is 14.0 Å². The molecular formula is C21H28N6. The molecule has 1 aromatic carbocycles. The van der Waals surface area contributed by atoms with Crippen molar-refractivity contribution in [1.29, 1.82) is 0 Å². The van der Waals surface area contributed by atoms with Crippen LogP contribution in [0.2, 0.25) is 0 Å². The first-order valence-electron chi connectivity index (χ1n) is 9.83. The Morgan fingerprint density at radius 2 is 1.85 bits per heavy atom. The first-order valence-corrected chi connectivity index (χ1v) is 9.83. The Bertz CT molecular complexity index is 858. The van der Waals surface area contributed by atoms with Gasteiger partial charge in [0.05, 0.1) is 6.54 Å². The normalized spacial score (nSPS) is 16.1. The number of rotatable bonds is 6. The molecule has 0 atom stereocenters. The van der Waals surface area contributed by atoms with E-state index in [1.807, 2.05) is 19.3 Å². The number of benzene rings is 1. The number of likely N-dealkylation sites (tertiary alicyclic amines) is 1. The van der Waals surface area contributed by atoms with E-state index in [0.717, 1.165) is 62.9 Å². The van der Waals surface area contributed by atoms with Crippen LogP contribution in [0.4, 0.5) is 0 Å². The first-order chi connectivity index (χ1) is 13.2. The molecule has 0 bridgehead atoms. The van der Waals surface area contributed by atoms with Crippen LogP contribution in [-0.4, -0.2) is 48.8 Å². The maximum absolute atomic E-state index is 4.53. The third-order valence-corrected chi connectivity index (χ3v) is 5.75. The van der Waals surface area contributed by atoms with Gasteiger partial charge in [0.25, 0.3) is 0 Å². The summed E-state index contributed by atoms with van der Waals surface area (Å²) < 4.78 is 4.30. The van der Waals surface area contributed by atoms with Gasteiger partial charge in [-0.2, -0.15) is 0 Å². The Morgan fingerprint density at radius 3 is 2.56 bits per heavy atom. The molecule has 0 spiro atoms. The maximum Gasteiger partial charge on any atom is 0.152 e. The molecule has 1 saturated heterocycles. The molecule has 3 heterocycles. The lowest BCUT2D eigenvalue weighted by Gasteiger charge is -2.31. The number of piperidine rings is 1. The van der Waals surface area contributed by atoms with Gasteiger partial charge >= 0.3 is 0 Å². The number of hydrogen-bond donors (Lipinski definition) is 0. The Hall–Kier alpha value is -2.47. The monoisotopic (exact) mass is 364 g/mol. The fourth-order valence-electron chi connectivity index (χ4n) is 3.94. The molecule has 4 rings (SSSR count). The third kappa shape index (κ3) is 4.11. The molecule has 0 N–H and O–H groups in total. The molecule has 0 aliphatic carbocycles. The highest BCUT2D eigenvalue weighted by Crippen LogP contribution is 2.27. The van der Waals surface area contributed by atoms with Crippen molar-refractivity contribution in [2.24, 2.45) is 7.05 Å². The number of aromatic nitrogens is 5. The van der Waals surface area contributed by atoms with Gasteiger partial charge in [0, 0.05) is 31.9 Å². The molecule has 27 heavy (non-hydrogen) atoms. The van der Waals surface area contributed by atoms with Crippen LogP contribution in [0.15, 0.2) is 42.7 Å². The summed E-state index contributed by atoms with van der Waals surface area (Å²) in [5.41, 5.74) is 1.42. The summed E-state index contributed by atoms with van der Waals surface area (Å²) in [6, 6.07) is 10.8. The number of hydrogen-bond acceptors (Lipinski definition) is 4. The highest BCUT2D eigenvalue weighted by molar-refractivity contribution is 5.15. The number of aryl methyl sites for hydroxylation is 1.